The summed E-state index contributed by atoms with van der Waals surface area (Å²) < 4.78 is 12.8. The fraction of sp³-hybridized carbons (Fsp3) is 0.500. The maximum absolute atomic E-state index is 13.0. The van der Waals surface area contributed by atoms with Crippen LogP contribution in [0.15, 0.2) is 18.2 Å². The van der Waals surface area contributed by atoms with Crippen molar-refractivity contribution in [3.05, 3.63) is 34.9 Å². The van der Waals surface area contributed by atoms with Crippen LogP contribution in [0, 0.1) is 0 Å². The normalized spacial score (nSPS) is 15.6. The summed E-state index contributed by atoms with van der Waals surface area (Å²) >= 11 is 0. The largest absolute Gasteiger partial charge is 0.481 e. The number of nitrogens with zero attached hydrogens (tertiary/aromatic N) is 1. The lowest BCUT2D eigenvalue weighted by atomic mass is 9.93. The first-order valence-corrected chi connectivity index (χ1v) is 10.3. The summed E-state index contributed by atoms with van der Waals surface area (Å²) in [5.41, 5.74) is 1.93. The van der Waals surface area contributed by atoms with Gasteiger partial charge in [-0.25, -0.2) is 4.39 Å². The molecule has 174 valence electrons. The van der Waals surface area contributed by atoms with Crippen LogP contribution >= 0.6 is 0 Å². The van der Waals surface area contributed by atoms with Crippen LogP contribution in [-0.4, -0.2) is 63.4 Å². The van der Waals surface area contributed by atoms with Gasteiger partial charge in [0.25, 0.3) is 5.91 Å². The van der Waals surface area contributed by atoms with E-state index in [0.717, 1.165) is 5.56 Å². The van der Waals surface area contributed by atoms with Crippen LogP contribution in [0.1, 0.15) is 66.9 Å². The van der Waals surface area contributed by atoms with Gasteiger partial charge in [-0.1, -0.05) is 26.0 Å². The number of carbonyl (C=O) groups excluding carboxylic acids is 3. The van der Waals surface area contributed by atoms with Crippen LogP contribution in [0.25, 0.3) is 0 Å². The van der Waals surface area contributed by atoms with E-state index in [2.05, 4.69) is 5.32 Å². The third-order valence-electron chi connectivity index (χ3n) is 5.61. The van der Waals surface area contributed by atoms with Crippen LogP contribution in [0.4, 0.5) is 4.39 Å². The van der Waals surface area contributed by atoms with E-state index in [1.165, 1.54) is 4.90 Å². The number of alkyl halides is 1. The molecule has 1 aromatic carbocycles. The van der Waals surface area contributed by atoms with Crippen molar-refractivity contribution in [2.24, 2.45) is 0 Å². The summed E-state index contributed by atoms with van der Waals surface area (Å²) in [5, 5.41) is 20.1. The summed E-state index contributed by atoms with van der Waals surface area (Å²) in [7, 11) is 0. The zero-order valence-electron chi connectivity index (χ0n) is 18.0. The monoisotopic (exact) mass is 450 g/mol. The van der Waals surface area contributed by atoms with E-state index in [1.807, 2.05) is 13.0 Å². The third kappa shape index (κ3) is 5.89. The molecule has 0 aliphatic carbocycles. The number of halogens is 1. The lowest BCUT2D eigenvalue weighted by Gasteiger charge is -2.27. The van der Waals surface area contributed by atoms with Crippen molar-refractivity contribution in [3.8, 4) is 0 Å². The van der Waals surface area contributed by atoms with Gasteiger partial charge in [0, 0.05) is 18.5 Å². The highest BCUT2D eigenvalue weighted by Crippen LogP contribution is 2.30. The molecule has 10 heteroatoms. The van der Waals surface area contributed by atoms with Crippen LogP contribution < -0.4 is 5.32 Å². The van der Waals surface area contributed by atoms with Crippen LogP contribution in [0.5, 0.6) is 0 Å². The molecule has 3 unspecified atom stereocenters. The Bertz CT molecular complexity index is 918. The Morgan fingerprint density at radius 2 is 1.88 bits per heavy atom. The lowest BCUT2D eigenvalue weighted by Crippen LogP contribution is -2.52. The Kier molecular flexibility index (Phi) is 8.45. The molecular formula is C22H27FN2O7. The summed E-state index contributed by atoms with van der Waals surface area (Å²) in [6.45, 7) is 2.29. The van der Waals surface area contributed by atoms with E-state index in [-0.39, 0.29) is 31.2 Å². The second-order valence-electron chi connectivity index (χ2n) is 7.87. The van der Waals surface area contributed by atoms with Gasteiger partial charge in [0.05, 0.1) is 6.42 Å². The number of carbonyl (C=O) groups is 5. The van der Waals surface area contributed by atoms with Gasteiger partial charge in [0.15, 0.2) is 5.78 Å². The second kappa shape index (κ2) is 10.8. The molecule has 0 fully saturated rings. The summed E-state index contributed by atoms with van der Waals surface area (Å²) in [4.78, 5) is 60.6. The summed E-state index contributed by atoms with van der Waals surface area (Å²) in [6.07, 6.45) is -0.126. The summed E-state index contributed by atoms with van der Waals surface area (Å²) in [6, 6.07) is 2.82. The zero-order valence-corrected chi connectivity index (χ0v) is 18.0. The third-order valence-corrected chi connectivity index (χ3v) is 5.61. The molecule has 2 amide bonds. The second-order valence-corrected chi connectivity index (χ2v) is 7.87. The highest BCUT2D eigenvalue weighted by Gasteiger charge is 2.37. The van der Waals surface area contributed by atoms with E-state index in [9.17, 15) is 28.4 Å². The Hall–Kier alpha value is -3.30. The smallest absolute Gasteiger partial charge is 0.305 e. The number of benzene rings is 1. The van der Waals surface area contributed by atoms with E-state index in [1.54, 1.807) is 19.1 Å². The number of carboxylic acid groups (broad SMARTS) is 2. The van der Waals surface area contributed by atoms with Gasteiger partial charge in [-0.05, 0) is 36.0 Å². The average Bonchev–Trinajstić information content (AvgIpc) is 3.06. The molecule has 3 atom stereocenters. The van der Waals surface area contributed by atoms with E-state index < -0.39 is 48.8 Å². The topological polar surface area (TPSA) is 141 Å². The fourth-order valence-electron chi connectivity index (χ4n) is 3.73. The Balaban J connectivity index is 2.17. The van der Waals surface area contributed by atoms with Crippen molar-refractivity contribution in [1.29, 1.82) is 0 Å². The molecular weight excluding hydrogens is 423 g/mol. The molecule has 9 nitrogen and oxygen atoms in total. The maximum atomic E-state index is 13.0. The minimum atomic E-state index is -1.51. The number of fused-ring (bicyclic) bond motifs is 1. The highest BCUT2D eigenvalue weighted by atomic mass is 19.1. The molecule has 0 saturated heterocycles. The number of rotatable bonds is 12. The van der Waals surface area contributed by atoms with Crippen molar-refractivity contribution in [1.82, 2.24) is 10.2 Å². The first-order valence-electron chi connectivity index (χ1n) is 10.3. The Morgan fingerprint density at radius 3 is 2.44 bits per heavy atom. The van der Waals surface area contributed by atoms with Crippen molar-refractivity contribution < 1.29 is 38.6 Å². The van der Waals surface area contributed by atoms with E-state index in [0.29, 0.717) is 17.5 Å². The quantitative estimate of drug-likeness (QED) is 0.441. The van der Waals surface area contributed by atoms with Gasteiger partial charge in [-0.3, -0.25) is 24.0 Å². The molecule has 2 rings (SSSR count). The highest BCUT2D eigenvalue weighted by molar-refractivity contribution is 6.02. The molecule has 1 aliphatic heterocycles. The fourth-order valence-corrected chi connectivity index (χ4v) is 3.73. The molecule has 1 heterocycles. The Labute approximate surface area is 184 Å². The molecule has 0 spiro atoms. The van der Waals surface area contributed by atoms with Crippen LogP contribution in [0.3, 0.4) is 0 Å². The first-order chi connectivity index (χ1) is 15.1. The zero-order chi connectivity index (χ0) is 24.0. The van der Waals surface area contributed by atoms with Gasteiger partial charge in [-0.2, -0.15) is 0 Å². The SMILES string of the molecule is CCC(C(=O)NC(CC(=O)O)C(=O)CF)N1Cc2ccc(C(C)CCC(=O)O)cc2C1=O. The Morgan fingerprint density at radius 1 is 1.19 bits per heavy atom. The number of Topliss-reactive ketones (excluding diaryl/α,β-unsaturated/α-hetero) is 1. The first kappa shape index (κ1) is 25.0. The average molecular weight is 450 g/mol. The van der Waals surface area contributed by atoms with Crippen molar-refractivity contribution in [2.45, 2.75) is 64.1 Å². The number of hydrogen-bond donors (Lipinski definition) is 3. The molecule has 0 aromatic heterocycles. The van der Waals surface area contributed by atoms with Gasteiger partial charge in [0.2, 0.25) is 5.91 Å². The number of nitrogens with one attached hydrogen (secondary N) is 1. The number of ketones is 1. The number of aliphatic carboxylic acids is 2. The van der Waals surface area contributed by atoms with Gasteiger partial charge < -0.3 is 20.4 Å². The number of carboxylic acids is 2. The standard InChI is InChI=1S/C22H27FN2O7/c1-3-17(21(31)24-16(9-20(29)30)18(26)10-23)25-11-14-6-5-13(8-15(14)22(25)32)12(2)4-7-19(27)28/h5-6,8,12,16-17H,3-4,7,9-11H2,1-2H3,(H,24,31)(H,27,28)(H,29,30). The summed E-state index contributed by atoms with van der Waals surface area (Å²) in [5.74, 6) is -4.50. The molecule has 1 aliphatic rings. The lowest BCUT2D eigenvalue weighted by molar-refractivity contribution is -0.140. The van der Waals surface area contributed by atoms with Gasteiger partial charge in [0.1, 0.15) is 18.8 Å². The van der Waals surface area contributed by atoms with Crippen molar-refractivity contribution in [2.75, 3.05) is 6.67 Å². The maximum Gasteiger partial charge on any atom is 0.305 e. The number of amides is 2. The van der Waals surface area contributed by atoms with E-state index in [4.69, 9.17) is 10.2 Å². The molecule has 0 radical (unpaired) electrons. The molecule has 0 saturated carbocycles. The molecule has 32 heavy (non-hydrogen) atoms. The van der Waals surface area contributed by atoms with Crippen molar-refractivity contribution >= 4 is 29.5 Å². The molecule has 1 aromatic rings. The molecule has 3 N–H and O–H groups in total. The van der Waals surface area contributed by atoms with Gasteiger partial charge >= 0.3 is 11.9 Å². The minimum Gasteiger partial charge on any atom is -0.481 e. The number of hydrogen-bond acceptors (Lipinski definition) is 5. The predicted molar refractivity (Wildman–Crippen MR) is 111 cm³/mol. The van der Waals surface area contributed by atoms with Crippen molar-refractivity contribution in [3.63, 3.8) is 0 Å². The minimum absolute atomic E-state index is 0.00547. The van der Waals surface area contributed by atoms with Gasteiger partial charge in [-0.15, -0.1) is 0 Å². The van der Waals surface area contributed by atoms with Crippen LogP contribution in [-0.2, 0) is 25.7 Å². The van der Waals surface area contributed by atoms with E-state index >= 15 is 0 Å². The van der Waals surface area contributed by atoms with Crippen LogP contribution in [0.2, 0.25) is 0 Å². The predicted octanol–water partition coefficient (Wildman–Crippen LogP) is 1.89. The molecule has 0 bridgehead atoms.